The van der Waals surface area contributed by atoms with Gasteiger partial charge in [0.15, 0.2) is 6.29 Å². The number of hydrogen-bond acceptors (Lipinski definition) is 2. The molecule has 9 heteroatoms. The van der Waals surface area contributed by atoms with Gasteiger partial charge in [0.1, 0.15) is 5.75 Å². The summed E-state index contributed by atoms with van der Waals surface area (Å²) in [5.74, 6) is 0.0405. The van der Waals surface area contributed by atoms with Crippen LogP contribution in [0.4, 0.5) is 0 Å². The Morgan fingerprint density at radius 3 is 2.09 bits per heavy atom. The third kappa shape index (κ3) is 5.29. The van der Waals surface area contributed by atoms with E-state index >= 15 is 0 Å². The van der Waals surface area contributed by atoms with E-state index in [1.807, 2.05) is 30.3 Å². The van der Waals surface area contributed by atoms with Crippen LogP contribution in [0.5, 0.6) is 5.75 Å². The molecule has 0 heterocycles. The van der Waals surface area contributed by atoms with E-state index in [-0.39, 0.29) is 12.1 Å². The normalized spacial score (nSPS) is 9.09. The summed E-state index contributed by atoms with van der Waals surface area (Å²) < 4.78 is 0. The number of aromatic hydroxyl groups is 1. The van der Waals surface area contributed by atoms with Gasteiger partial charge in [-0.15, -0.1) is 0 Å². The van der Waals surface area contributed by atoms with Crippen molar-refractivity contribution in [3.05, 3.63) is 54.1 Å². The van der Waals surface area contributed by atoms with Crippen molar-refractivity contribution in [2.24, 2.45) is 0 Å². The SMILES string of the molecule is O=Cc1cccc(-c2ccccc2)c1O.[B][B]B([B])B([B])[B]. The number of phenolic OH excluding ortho intramolecular Hbond substituents is 1. The lowest BCUT2D eigenvalue weighted by atomic mass is 8.76. The van der Waals surface area contributed by atoms with Gasteiger partial charge in [0, 0.05) is 56.3 Å². The largest absolute Gasteiger partial charge is 0.507 e. The van der Waals surface area contributed by atoms with Crippen LogP contribution in [-0.4, -0.2) is 62.2 Å². The Morgan fingerprint density at radius 1 is 1.00 bits per heavy atom. The average Bonchev–Trinajstić information content (AvgIpc) is 2.55. The highest BCUT2D eigenvalue weighted by Gasteiger charge is 2.07. The number of aldehydes is 1. The van der Waals surface area contributed by atoms with Crippen LogP contribution in [0.25, 0.3) is 11.1 Å². The molecule has 9 radical (unpaired) electrons. The van der Waals surface area contributed by atoms with Crippen LogP contribution in [0, 0.1) is 0 Å². The maximum Gasteiger partial charge on any atom is 0.153 e. The second kappa shape index (κ2) is 9.40. The van der Waals surface area contributed by atoms with Crippen LogP contribution >= 0.6 is 0 Å². The topological polar surface area (TPSA) is 37.3 Å². The Bertz CT molecular complexity index is 592. The third-order valence-electron chi connectivity index (χ3n) is 2.95. The number of benzene rings is 2. The van der Waals surface area contributed by atoms with Gasteiger partial charge < -0.3 is 5.11 Å². The first-order valence-corrected chi connectivity index (χ1v) is 6.65. The summed E-state index contributed by atoms with van der Waals surface area (Å²) in [6.45, 7) is 0. The number of hydrogen-bond donors (Lipinski definition) is 1. The van der Waals surface area contributed by atoms with Crippen LogP contribution in [0.2, 0.25) is 0 Å². The van der Waals surface area contributed by atoms with Gasteiger partial charge in [0.25, 0.3) is 0 Å². The predicted octanol–water partition coefficient (Wildman–Crippen LogP) is 0.206. The van der Waals surface area contributed by atoms with Gasteiger partial charge in [0.2, 0.25) is 0 Å². The van der Waals surface area contributed by atoms with Gasteiger partial charge in [-0.25, -0.2) is 0 Å². The standard InChI is InChI=1S/C13H10O2.B7/c14-9-11-7-4-8-12(13(11)15)10-5-2-1-3-6-10;1-5-7(4)6(2)3/h1-9,15H;. The fourth-order valence-electron chi connectivity index (χ4n) is 1.64. The number of para-hydroxylation sites is 1. The molecular formula is C13H10B7O2. The van der Waals surface area contributed by atoms with Gasteiger partial charge in [0.05, 0.1) is 5.56 Å². The van der Waals surface area contributed by atoms with Crippen LogP contribution in [0.15, 0.2) is 48.5 Å². The maximum absolute atomic E-state index is 10.7. The molecular weight excluding hydrogens is 264 g/mol. The highest BCUT2D eigenvalue weighted by molar-refractivity contribution is 7.81. The molecule has 0 unspecified atom stereocenters. The molecule has 0 fully saturated rings. The van der Waals surface area contributed by atoms with Gasteiger partial charge >= 0.3 is 0 Å². The summed E-state index contributed by atoms with van der Waals surface area (Å²) in [5, 5.41) is 9.81. The van der Waals surface area contributed by atoms with Crippen LogP contribution in [0.3, 0.4) is 0 Å². The van der Waals surface area contributed by atoms with Crippen molar-refractivity contribution in [3.63, 3.8) is 0 Å². The summed E-state index contributed by atoms with van der Waals surface area (Å²) in [4.78, 5) is 10.7. The van der Waals surface area contributed by atoms with Crippen molar-refractivity contribution >= 4 is 57.1 Å². The molecule has 0 aliphatic rings. The lowest BCUT2D eigenvalue weighted by Gasteiger charge is -2.05. The molecule has 2 nitrogen and oxygen atoms in total. The van der Waals surface area contributed by atoms with E-state index in [9.17, 15) is 9.90 Å². The van der Waals surface area contributed by atoms with E-state index in [4.69, 9.17) is 30.9 Å². The molecule has 1 N–H and O–H groups in total. The zero-order valence-electron chi connectivity index (χ0n) is 12.1. The summed E-state index contributed by atoms with van der Waals surface area (Å²) in [6.07, 6.45) is -0.271. The van der Waals surface area contributed by atoms with Gasteiger partial charge in [-0.05, 0) is 11.6 Å². The van der Waals surface area contributed by atoms with Crippen molar-refractivity contribution in [2.45, 2.75) is 0 Å². The molecule has 0 amide bonds. The first-order chi connectivity index (χ1) is 10.5. The van der Waals surface area contributed by atoms with Crippen LogP contribution in [-0.2, 0) is 0 Å². The summed E-state index contributed by atoms with van der Waals surface area (Å²) >= 11 is 0. The molecule has 0 saturated heterocycles. The molecule has 22 heavy (non-hydrogen) atoms. The fourth-order valence-corrected chi connectivity index (χ4v) is 1.64. The van der Waals surface area contributed by atoms with Crippen molar-refractivity contribution in [1.29, 1.82) is 0 Å². The zero-order chi connectivity index (χ0) is 16.5. The molecule has 0 bridgehead atoms. The predicted molar refractivity (Wildman–Crippen MR) is 99.2 cm³/mol. The minimum Gasteiger partial charge on any atom is -0.507 e. The first-order valence-electron chi connectivity index (χ1n) is 6.65. The number of carbonyl (C=O) groups is 1. The van der Waals surface area contributed by atoms with Crippen LogP contribution < -0.4 is 0 Å². The Labute approximate surface area is 138 Å². The van der Waals surface area contributed by atoms with Gasteiger partial charge in [-0.2, -0.15) is 0 Å². The first kappa shape index (κ1) is 18.4. The minimum absolute atomic E-state index is 0.0405. The van der Waals surface area contributed by atoms with E-state index in [0.29, 0.717) is 17.4 Å². The highest BCUT2D eigenvalue weighted by atomic mass is 16.3. The molecule has 2 rings (SSSR count). The lowest BCUT2D eigenvalue weighted by molar-refractivity contribution is 0.112. The second-order valence-corrected chi connectivity index (χ2v) is 4.57. The Hall–Kier alpha value is -1.64. The third-order valence-corrected chi connectivity index (χ3v) is 2.95. The second-order valence-electron chi connectivity index (χ2n) is 4.57. The minimum atomic E-state index is -0.537. The van der Waals surface area contributed by atoms with Crippen molar-refractivity contribution in [2.75, 3.05) is 0 Å². The Balaban J connectivity index is 0.000000295. The van der Waals surface area contributed by atoms with Crippen molar-refractivity contribution in [1.82, 2.24) is 0 Å². The average molecular weight is 274 g/mol. The molecule has 0 aliphatic heterocycles. The Kier molecular flexibility index (Phi) is 7.86. The quantitative estimate of drug-likeness (QED) is 0.639. The molecule has 0 saturated carbocycles. The molecule has 0 aromatic heterocycles. The highest BCUT2D eigenvalue weighted by Crippen LogP contribution is 2.30. The summed E-state index contributed by atoms with van der Waals surface area (Å²) in [6, 6.07) is 14.6. The molecule has 0 spiro atoms. The lowest BCUT2D eigenvalue weighted by Crippen LogP contribution is -2.43. The molecule has 0 atom stereocenters. The van der Waals surface area contributed by atoms with Crippen molar-refractivity contribution in [3.8, 4) is 16.9 Å². The van der Waals surface area contributed by atoms with Crippen molar-refractivity contribution < 1.29 is 9.90 Å². The van der Waals surface area contributed by atoms with E-state index in [1.54, 1.807) is 18.2 Å². The molecule has 95 valence electrons. The smallest absolute Gasteiger partial charge is 0.153 e. The van der Waals surface area contributed by atoms with E-state index in [1.165, 1.54) is 7.06 Å². The summed E-state index contributed by atoms with van der Waals surface area (Å²) in [5.41, 5.74) is 1.90. The van der Waals surface area contributed by atoms with E-state index < -0.39 is 6.39 Å². The summed E-state index contributed by atoms with van der Waals surface area (Å²) in [7, 11) is 21.6. The zero-order valence-corrected chi connectivity index (χ0v) is 12.1. The number of phenols is 1. The van der Waals surface area contributed by atoms with Gasteiger partial charge in [-0.1, -0.05) is 42.5 Å². The molecule has 2 aromatic carbocycles. The van der Waals surface area contributed by atoms with Gasteiger partial charge in [-0.3, -0.25) is 4.79 Å². The molecule has 0 aliphatic carbocycles. The Morgan fingerprint density at radius 2 is 1.64 bits per heavy atom. The molecule has 2 aromatic rings. The monoisotopic (exact) mass is 275 g/mol. The van der Waals surface area contributed by atoms with Crippen LogP contribution in [0.1, 0.15) is 10.4 Å². The maximum atomic E-state index is 10.7. The number of carbonyl (C=O) groups excluding carboxylic acids is 1. The fraction of sp³-hybridized carbons (Fsp3) is 0. The van der Waals surface area contributed by atoms with E-state index in [0.717, 1.165) is 5.56 Å². The van der Waals surface area contributed by atoms with E-state index in [2.05, 4.69) is 0 Å². The number of rotatable bonds is 4.